The maximum atomic E-state index is 11.7. The van der Waals surface area contributed by atoms with Gasteiger partial charge in [0.2, 0.25) is 0 Å². The molecule has 0 bridgehead atoms. The number of allylic oxidation sites excluding steroid dienone is 5. The third kappa shape index (κ3) is 5.29. The lowest BCUT2D eigenvalue weighted by Crippen LogP contribution is -1.73. The summed E-state index contributed by atoms with van der Waals surface area (Å²) in [5, 5.41) is 0. The lowest BCUT2D eigenvalue weighted by atomic mass is 10.3. The van der Waals surface area contributed by atoms with Crippen LogP contribution in [0.1, 0.15) is 13.3 Å². The highest BCUT2D eigenvalue weighted by Crippen LogP contribution is 1.93. The molecule has 0 aromatic heterocycles. The number of alkyl halides is 1. The van der Waals surface area contributed by atoms with Gasteiger partial charge in [-0.15, -0.1) is 0 Å². The summed E-state index contributed by atoms with van der Waals surface area (Å²) in [6, 6.07) is 0. The fourth-order valence-electron chi connectivity index (χ4n) is 0.451. The van der Waals surface area contributed by atoms with Gasteiger partial charge in [-0.05, 0) is 12.0 Å². The van der Waals surface area contributed by atoms with Crippen molar-refractivity contribution < 1.29 is 4.39 Å². The number of halogens is 1. The summed E-state index contributed by atoms with van der Waals surface area (Å²) in [5.41, 5.74) is 0.515. The molecule has 1 heteroatoms. The van der Waals surface area contributed by atoms with Crippen molar-refractivity contribution >= 4 is 0 Å². The van der Waals surface area contributed by atoms with Crippen LogP contribution < -0.4 is 0 Å². The van der Waals surface area contributed by atoms with Crippen molar-refractivity contribution in [3.8, 4) is 0 Å². The van der Waals surface area contributed by atoms with Gasteiger partial charge < -0.3 is 0 Å². The minimum absolute atomic E-state index is 0.462. The summed E-state index contributed by atoms with van der Waals surface area (Å²) < 4.78 is 11.7. The second-order valence-electron chi connectivity index (χ2n) is 1.99. The van der Waals surface area contributed by atoms with Gasteiger partial charge in [0.05, 0.1) is 0 Å². The standard InChI is InChI=1S/C9H13F/c1-3-4-5-6-7-9(2)8-10/h4-7H,2-3,8H2,1H3/b5-4-,7-6-. The van der Waals surface area contributed by atoms with Crippen molar-refractivity contribution in [1.82, 2.24) is 0 Å². The van der Waals surface area contributed by atoms with Crippen molar-refractivity contribution in [1.29, 1.82) is 0 Å². The quantitative estimate of drug-likeness (QED) is 0.526. The van der Waals surface area contributed by atoms with Crippen molar-refractivity contribution in [3.05, 3.63) is 36.5 Å². The Bertz CT molecular complexity index is 143. The highest BCUT2D eigenvalue weighted by atomic mass is 19.1. The molecule has 0 atom stereocenters. The molecule has 0 amide bonds. The molecule has 0 nitrogen and oxygen atoms in total. The molecule has 0 rings (SSSR count). The van der Waals surface area contributed by atoms with Gasteiger partial charge in [0, 0.05) is 0 Å². The highest BCUT2D eigenvalue weighted by Gasteiger charge is 1.80. The summed E-state index contributed by atoms with van der Waals surface area (Å²) in [4.78, 5) is 0. The van der Waals surface area contributed by atoms with E-state index in [4.69, 9.17) is 0 Å². The van der Waals surface area contributed by atoms with Crippen LogP contribution in [0, 0.1) is 0 Å². The molecule has 0 fully saturated rings. The Morgan fingerprint density at radius 3 is 2.70 bits per heavy atom. The van der Waals surface area contributed by atoms with E-state index in [0.717, 1.165) is 6.42 Å². The largest absolute Gasteiger partial charge is 0.246 e. The minimum Gasteiger partial charge on any atom is -0.246 e. The van der Waals surface area contributed by atoms with E-state index < -0.39 is 6.67 Å². The third-order valence-corrected chi connectivity index (χ3v) is 0.986. The van der Waals surface area contributed by atoms with Crippen LogP contribution in [-0.4, -0.2) is 6.67 Å². The van der Waals surface area contributed by atoms with E-state index in [0.29, 0.717) is 5.57 Å². The topological polar surface area (TPSA) is 0 Å². The van der Waals surface area contributed by atoms with E-state index in [1.54, 1.807) is 12.2 Å². The van der Waals surface area contributed by atoms with Crippen molar-refractivity contribution in [3.63, 3.8) is 0 Å². The van der Waals surface area contributed by atoms with Crippen LogP contribution in [0.5, 0.6) is 0 Å². The van der Waals surface area contributed by atoms with E-state index in [-0.39, 0.29) is 0 Å². The van der Waals surface area contributed by atoms with Crippen LogP contribution in [0.4, 0.5) is 4.39 Å². The predicted molar refractivity (Wildman–Crippen MR) is 43.7 cm³/mol. The Morgan fingerprint density at radius 2 is 2.20 bits per heavy atom. The number of rotatable bonds is 4. The van der Waals surface area contributed by atoms with E-state index in [1.165, 1.54) is 0 Å². The Labute approximate surface area is 61.8 Å². The van der Waals surface area contributed by atoms with Gasteiger partial charge in [-0.1, -0.05) is 37.8 Å². The van der Waals surface area contributed by atoms with Gasteiger partial charge in [-0.2, -0.15) is 0 Å². The summed E-state index contributed by atoms with van der Waals surface area (Å²) in [6.45, 7) is 5.06. The summed E-state index contributed by atoms with van der Waals surface area (Å²) in [7, 11) is 0. The molecule has 0 spiro atoms. The second kappa shape index (κ2) is 6.27. The molecule has 0 heterocycles. The maximum Gasteiger partial charge on any atom is 0.114 e. The first-order valence-corrected chi connectivity index (χ1v) is 3.38. The second-order valence-corrected chi connectivity index (χ2v) is 1.99. The normalized spacial score (nSPS) is 11.4. The Kier molecular flexibility index (Phi) is 5.74. The number of hydrogen-bond donors (Lipinski definition) is 0. The molecular weight excluding hydrogens is 127 g/mol. The van der Waals surface area contributed by atoms with Gasteiger partial charge in [-0.3, -0.25) is 0 Å². The highest BCUT2D eigenvalue weighted by molar-refractivity contribution is 5.19. The molecule has 0 saturated heterocycles. The minimum atomic E-state index is -0.462. The Morgan fingerprint density at radius 1 is 1.50 bits per heavy atom. The van der Waals surface area contributed by atoms with E-state index in [9.17, 15) is 4.39 Å². The Hall–Kier alpha value is -0.850. The van der Waals surface area contributed by atoms with E-state index >= 15 is 0 Å². The smallest absolute Gasteiger partial charge is 0.114 e. The average Bonchev–Trinajstić information content (AvgIpc) is 1.98. The Balaban J connectivity index is 3.55. The number of hydrogen-bond acceptors (Lipinski definition) is 0. The zero-order valence-electron chi connectivity index (χ0n) is 6.31. The lowest BCUT2D eigenvalue weighted by molar-refractivity contribution is 0.550. The lowest BCUT2D eigenvalue weighted by Gasteiger charge is -1.84. The van der Waals surface area contributed by atoms with Gasteiger partial charge in [-0.25, -0.2) is 4.39 Å². The first-order valence-electron chi connectivity index (χ1n) is 3.38. The van der Waals surface area contributed by atoms with Crippen LogP contribution in [0.2, 0.25) is 0 Å². The average molecular weight is 140 g/mol. The fraction of sp³-hybridized carbons (Fsp3) is 0.333. The van der Waals surface area contributed by atoms with E-state index in [2.05, 4.69) is 6.58 Å². The molecule has 0 N–H and O–H groups in total. The van der Waals surface area contributed by atoms with Crippen molar-refractivity contribution in [2.75, 3.05) is 6.67 Å². The molecule has 0 radical (unpaired) electrons. The molecule has 0 aliphatic heterocycles. The molecule has 0 saturated carbocycles. The fourth-order valence-corrected chi connectivity index (χ4v) is 0.451. The van der Waals surface area contributed by atoms with Crippen LogP contribution in [0.3, 0.4) is 0 Å². The van der Waals surface area contributed by atoms with Gasteiger partial charge >= 0.3 is 0 Å². The van der Waals surface area contributed by atoms with Crippen LogP contribution >= 0.6 is 0 Å². The first-order chi connectivity index (χ1) is 4.81. The zero-order chi connectivity index (χ0) is 7.82. The van der Waals surface area contributed by atoms with Gasteiger partial charge in [0.15, 0.2) is 0 Å². The molecule has 0 unspecified atom stereocenters. The molecule has 0 aromatic carbocycles. The summed E-state index contributed by atoms with van der Waals surface area (Å²) in [6.07, 6.45) is 8.37. The summed E-state index contributed by atoms with van der Waals surface area (Å²) >= 11 is 0. The predicted octanol–water partition coefficient (Wildman–Crippen LogP) is 3.03. The molecular formula is C9H13F. The SMILES string of the molecule is C=C(/C=C\C=C/CC)CF. The zero-order valence-corrected chi connectivity index (χ0v) is 6.31. The third-order valence-electron chi connectivity index (χ3n) is 0.986. The van der Waals surface area contributed by atoms with Crippen LogP contribution in [-0.2, 0) is 0 Å². The van der Waals surface area contributed by atoms with Crippen LogP contribution in [0.25, 0.3) is 0 Å². The van der Waals surface area contributed by atoms with Gasteiger partial charge in [0.25, 0.3) is 0 Å². The molecule has 56 valence electrons. The van der Waals surface area contributed by atoms with Crippen molar-refractivity contribution in [2.24, 2.45) is 0 Å². The van der Waals surface area contributed by atoms with Crippen LogP contribution in [0.15, 0.2) is 36.5 Å². The molecule has 0 aliphatic carbocycles. The molecule has 10 heavy (non-hydrogen) atoms. The molecule has 0 aliphatic rings. The van der Waals surface area contributed by atoms with Crippen molar-refractivity contribution in [2.45, 2.75) is 13.3 Å². The van der Waals surface area contributed by atoms with E-state index in [1.807, 2.05) is 19.1 Å². The molecule has 0 aromatic rings. The first kappa shape index (κ1) is 9.15. The monoisotopic (exact) mass is 140 g/mol. The van der Waals surface area contributed by atoms with Gasteiger partial charge in [0.1, 0.15) is 6.67 Å². The maximum absolute atomic E-state index is 11.7. The summed E-state index contributed by atoms with van der Waals surface area (Å²) in [5.74, 6) is 0.